The maximum Gasteiger partial charge on any atom is 0.225 e. The van der Waals surface area contributed by atoms with Crippen LogP contribution in [-0.2, 0) is 16.0 Å². The van der Waals surface area contributed by atoms with Gasteiger partial charge in [-0.25, -0.2) is 0 Å². The number of hydrogen-bond acceptors (Lipinski definition) is 3. The van der Waals surface area contributed by atoms with Crippen molar-refractivity contribution >= 4 is 5.91 Å². The largest absolute Gasteiger partial charge is 0.497 e. The molecule has 2 aliphatic rings. The second kappa shape index (κ2) is 6.69. The van der Waals surface area contributed by atoms with E-state index in [4.69, 9.17) is 9.47 Å². The third-order valence-corrected chi connectivity index (χ3v) is 4.86. The fraction of sp³-hybridized carbons (Fsp3) is 0.611. The Morgan fingerprint density at radius 1 is 1.18 bits per heavy atom. The van der Waals surface area contributed by atoms with E-state index >= 15 is 0 Å². The van der Waals surface area contributed by atoms with Crippen LogP contribution in [-0.4, -0.2) is 44.2 Å². The van der Waals surface area contributed by atoms with Crippen molar-refractivity contribution in [2.45, 2.75) is 31.8 Å². The van der Waals surface area contributed by atoms with Crippen LogP contribution in [0.25, 0.3) is 0 Å². The molecule has 0 spiro atoms. The van der Waals surface area contributed by atoms with E-state index in [1.54, 1.807) is 14.2 Å². The summed E-state index contributed by atoms with van der Waals surface area (Å²) < 4.78 is 10.9. The first-order chi connectivity index (χ1) is 10.7. The molecule has 0 unspecified atom stereocenters. The zero-order chi connectivity index (χ0) is 15.5. The number of likely N-dealkylation sites (tertiary alicyclic amines) is 1. The first kappa shape index (κ1) is 15.3. The highest BCUT2D eigenvalue weighted by atomic mass is 16.5. The molecule has 2 atom stereocenters. The van der Waals surface area contributed by atoms with E-state index in [1.807, 2.05) is 12.1 Å². The van der Waals surface area contributed by atoms with Gasteiger partial charge in [0.2, 0.25) is 5.91 Å². The van der Waals surface area contributed by atoms with Crippen LogP contribution in [0.1, 0.15) is 24.8 Å². The molecule has 0 bridgehead atoms. The Bertz CT molecular complexity index is 510. The van der Waals surface area contributed by atoms with Crippen molar-refractivity contribution in [3.8, 4) is 5.75 Å². The van der Waals surface area contributed by atoms with Gasteiger partial charge in [-0.1, -0.05) is 12.1 Å². The second-order valence-corrected chi connectivity index (χ2v) is 6.43. The van der Waals surface area contributed by atoms with Gasteiger partial charge in [-0.15, -0.1) is 0 Å². The highest BCUT2D eigenvalue weighted by molar-refractivity contribution is 5.81. The minimum atomic E-state index is 0.241. The summed E-state index contributed by atoms with van der Waals surface area (Å²) in [4.78, 5) is 14.4. The highest BCUT2D eigenvalue weighted by Gasteiger charge is 2.38. The highest BCUT2D eigenvalue weighted by Crippen LogP contribution is 2.33. The molecule has 3 rings (SSSR count). The van der Waals surface area contributed by atoms with E-state index in [0.29, 0.717) is 17.7 Å². The average Bonchev–Trinajstić information content (AvgIpc) is 3.40. The van der Waals surface area contributed by atoms with Gasteiger partial charge in [0, 0.05) is 32.0 Å². The molecule has 0 radical (unpaired) electrons. The molecule has 1 aromatic carbocycles. The van der Waals surface area contributed by atoms with Crippen LogP contribution >= 0.6 is 0 Å². The van der Waals surface area contributed by atoms with Crippen molar-refractivity contribution in [1.29, 1.82) is 0 Å². The van der Waals surface area contributed by atoms with Crippen LogP contribution in [0.3, 0.4) is 0 Å². The topological polar surface area (TPSA) is 38.8 Å². The molecule has 120 valence electrons. The Balaban J connectivity index is 1.65. The number of piperidine rings is 1. The molecule has 1 aromatic rings. The summed E-state index contributed by atoms with van der Waals surface area (Å²) in [5.74, 6) is 1.91. The fourth-order valence-electron chi connectivity index (χ4n) is 3.37. The standard InChI is InChI=1S/C18H25NO3/c1-21-16-7-3-13(4-8-16)11-15-12-19(10-9-17(15)22-2)18(20)14-5-6-14/h3-4,7-8,14-15,17H,5-6,9-12H2,1-2H3/t15-,17+/m0/s1. The molecule has 1 amide bonds. The Morgan fingerprint density at radius 2 is 1.91 bits per heavy atom. The minimum absolute atomic E-state index is 0.241. The van der Waals surface area contributed by atoms with Gasteiger partial charge in [0.25, 0.3) is 0 Å². The molecule has 0 N–H and O–H groups in total. The van der Waals surface area contributed by atoms with Gasteiger partial charge in [0.1, 0.15) is 5.75 Å². The Morgan fingerprint density at radius 3 is 2.50 bits per heavy atom. The second-order valence-electron chi connectivity index (χ2n) is 6.43. The van der Waals surface area contributed by atoms with Crippen LogP contribution in [0.5, 0.6) is 5.75 Å². The number of methoxy groups -OCH3 is 2. The molecule has 2 fully saturated rings. The zero-order valence-electron chi connectivity index (χ0n) is 13.5. The first-order valence-electron chi connectivity index (χ1n) is 8.15. The molecule has 4 heteroatoms. The molecule has 0 aromatic heterocycles. The smallest absolute Gasteiger partial charge is 0.225 e. The molecule has 22 heavy (non-hydrogen) atoms. The van der Waals surface area contributed by atoms with Crippen molar-refractivity contribution < 1.29 is 14.3 Å². The number of rotatable bonds is 5. The third-order valence-electron chi connectivity index (χ3n) is 4.86. The summed E-state index contributed by atoms with van der Waals surface area (Å²) >= 11 is 0. The Labute approximate surface area is 132 Å². The monoisotopic (exact) mass is 303 g/mol. The van der Waals surface area contributed by atoms with Gasteiger partial charge >= 0.3 is 0 Å². The number of carbonyl (C=O) groups excluding carboxylic acids is 1. The fourth-order valence-corrected chi connectivity index (χ4v) is 3.37. The van der Waals surface area contributed by atoms with E-state index in [1.165, 1.54) is 5.56 Å². The number of hydrogen-bond donors (Lipinski definition) is 0. The number of ether oxygens (including phenoxy) is 2. The molecule has 1 aliphatic carbocycles. The van der Waals surface area contributed by atoms with Crippen LogP contribution in [0.4, 0.5) is 0 Å². The number of nitrogens with zero attached hydrogens (tertiary/aromatic N) is 1. The van der Waals surface area contributed by atoms with Gasteiger partial charge in [-0.2, -0.15) is 0 Å². The third kappa shape index (κ3) is 3.43. The van der Waals surface area contributed by atoms with Gasteiger partial charge in [0.05, 0.1) is 13.2 Å². The summed E-state index contributed by atoms with van der Waals surface area (Å²) in [6, 6.07) is 8.20. The lowest BCUT2D eigenvalue weighted by molar-refractivity contribution is -0.137. The van der Waals surface area contributed by atoms with Crippen molar-refractivity contribution in [1.82, 2.24) is 4.90 Å². The van der Waals surface area contributed by atoms with Crippen LogP contribution < -0.4 is 4.74 Å². The summed E-state index contributed by atoms with van der Waals surface area (Å²) in [7, 11) is 3.46. The van der Waals surface area contributed by atoms with Gasteiger partial charge in [0.15, 0.2) is 0 Å². The molecule has 1 heterocycles. The molecule has 1 saturated carbocycles. The molecular formula is C18H25NO3. The summed E-state index contributed by atoms with van der Waals surface area (Å²) in [5, 5.41) is 0. The van der Waals surface area contributed by atoms with Gasteiger partial charge in [-0.3, -0.25) is 4.79 Å². The maximum absolute atomic E-state index is 12.3. The lowest BCUT2D eigenvalue weighted by Crippen LogP contribution is -2.47. The first-order valence-corrected chi connectivity index (χ1v) is 8.15. The van der Waals surface area contributed by atoms with Crippen molar-refractivity contribution in [3.05, 3.63) is 29.8 Å². The number of carbonyl (C=O) groups is 1. The summed E-state index contributed by atoms with van der Waals surface area (Å²) in [5.41, 5.74) is 1.27. The lowest BCUT2D eigenvalue weighted by Gasteiger charge is -2.38. The predicted molar refractivity (Wildman–Crippen MR) is 84.9 cm³/mol. The van der Waals surface area contributed by atoms with Gasteiger partial charge < -0.3 is 14.4 Å². The van der Waals surface area contributed by atoms with E-state index < -0.39 is 0 Å². The lowest BCUT2D eigenvalue weighted by atomic mass is 9.88. The average molecular weight is 303 g/mol. The molecular weight excluding hydrogens is 278 g/mol. The normalized spacial score (nSPS) is 25.1. The zero-order valence-corrected chi connectivity index (χ0v) is 13.5. The van der Waals surface area contributed by atoms with Crippen molar-refractivity contribution in [3.63, 3.8) is 0 Å². The maximum atomic E-state index is 12.3. The molecule has 1 saturated heterocycles. The van der Waals surface area contributed by atoms with Crippen molar-refractivity contribution in [2.75, 3.05) is 27.3 Å². The minimum Gasteiger partial charge on any atom is -0.497 e. The number of amides is 1. The van der Waals surface area contributed by atoms with E-state index in [-0.39, 0.29) is 6.10 Å². The number of benzene rings is 1. The summed E-state index contributed by atoms with van der Waals surface area (Å²) in [6.07, 6.45) is 4.27. The quantitative estimate of drug-likeness (QED) is 0.839. The van der Waals surface area contributed by atoms with E-state index in [2.05, 4.69) is 17.0 Å². The van der Waals surface area contributed by atoms with Crippen LogP contribution in [0.15, 0.2) is 24.3 Å². The van der Waals surface area contributed by atoms with E-state index in [0.717, 1.165) is 44.5 Å². The molecule has 1 aliphatic heterocycles. The van der Waals surface area contributed by atoms with E-state index in [9.17, 15) is 4.79 Å². The Hall–Kier alpha value is -1.55. The van der Waals surface area contributed by atoms with Crippen LogP contribution in [0, 0.1) is 11.8 Å². The van der Waals surface area contributed by atoms with Crippen molar-refractivity contribution in [2.24, 2.45) is 11.8 Å². The predicted octanol–water partition coefficient (Wildman–Crippen LogP) is 2.51. The molecule has 4 nitrogen and oxygen atoms in total. The SMILES string of the molecule is COc1ccc(C[C@H]2CN(C(=O)C3CC3)CC[C@H]2OC)cc1. The van der Waals surface area contributed by atoms with Crippen LogP contribution in [0.2, 0.25) is 0 Å². The Kier molecular flexibility index (Phi) is 4.67. The van der Waals surface area contributed by atoms with Gasteiger partial charge in [-0.05, 0) is 43.4 Å². The summed E-state index contributed by atoms with van der Waals surface area (Å²) in [6.45, 7) is 1.66.